The van der Waals surface area contributed by atoms with Gasteiger partial charge in [0, 0.05) is 24.1 Å². The summed E-state index contributed by atoms with van der Waals surface area (Å²) in [7, 11) is -2.33. The number of H-pyrrole nitrogens is 1. The highest BCUT2D eigenvalue weighted by atomic mass is 32.2. The van der Waals surface area contributed by atoms with Gasteiger partial charge in [-0.05, 0) is 17.2 Å². The van der Waals surface area contributed by atoms with Crippen LogP contribution in [0.5, 0.6) is 0 Å². The number of amides is 1. The number of fused-ring (bicyclic) bond motifs is 1. The Bertz CT molecular complexity index is 978. The Morgan fingerprint density at radius 2 is 1.67 bits per heavy atom. The second-order valence-electron chi connectivity index (χ2n) is 5.70. The summed E-state index contributed by atoms with van der Waals surface area (Å²) in [5.74, 6) is -1.17. The fraction of sp³-hybridized carbons (Fsp3) is 0.167. The van der Waals surface area contributed by atoms with Crippen molar-refractivity contribution in [1.82, 2.24) is 9.29 Å². The van der Waals surface area contributed by atoms with E-state index in [0.717, 1.165) is 32.6 Å². The second-order valence-corrected chi connectivity index (χ2v) is 7.72. The van der Waals surface area contributed by atoms with Gasteiger partial charge >= 0.3 is 0 Å². The third-order valence-electron chi connectivity index (χ3n) is 4.12. The molecule has 3 rings (SSSR count). The van der Waals surface area contributed by atoms with E-state index in [0.29, 0.717) is 0 Å². The van der Waals surface area contributed by atoms with Crippen molar-refractivity contribution >= 4 is 26.8 Å². The maximum atomic E-state index is 13.0. The molecular weight excluding hydrogens is 324 g/mol. The Morgan fingerprint density at radius 1 is 1.04 bits per heavy atom. The van der Waals surface area contributed by atoms with Gasteiger partial charge in [-0.1, -0.05) is 48.5 Å². The van der Waals surface area contributed by atoms with E-state index in [1.165, 1.54) is 7.05 Å². The van der Waals surface area contributed by atoms with Gasteiger partial charge in [-0.25, -0.2) is 12.7 Å². The first-order chi connectivity index (χ1) is 11.4. The maximum absolute atomic E-state index is 13.0. The van der Waals surface area contributed by atoms with Crippen molar-refractivity contribution in [2.75, 3.05) is 13.3 Å². The van der Waals surface area contributed by atoms with Crippen LogP contribution in [0.15, 0.2) is 60.8 Å². The predicted octanol–water partition coefficient (Wildman–Crippen LogP) is 2.72. The zero-order valence-corrected chi connectivity index (χ0v) is 14.2. The van der Waals surface area contributed by atoms with Crippen LogP contribution in [0.1, 0.15) is 17.0 Å². The Kier molecular flexibility index (Phi) is 4.15. The van der Waals surface area contributed by atoms with E-state index < -0.39 is 21.8 Å². The van der Waals surface area contributed by atoms with E-state index in [1.807, 2.05) is 54.6 Å². The van der Waals surface area contributed by atoms with E-state index >= 15 is 0 Å². The molecule has 1 atom stereocenters. The lowest BCUT2D eigenvalue weighted by Crippen LogP contribution is -2.36. The lowest BCUT2D eigenvalue weighted by Gasteiger charge is -2.22. The summed E-state index contributed by atoms with van der Waals surface area (Å²) in [5, 5.41) is 0.904. The minimum atomic E-state index is -3.63. The zero-order chi connectivity index (χ0) is 17.3. The Morgan fingerprint density at radius 3 is 2.33 bits per heavy atom. The summed E-state index contributed by atoms with van der Waals surface area (Å²) < 4.78 is 24.5. The molecule has 1 amide bonds. The minimum Gasteiger partial charge on any atom is -0.361 e. The zero-order valence-electron chi connectivity index (χ0n) is 13.4. The fourth-order valence-corrected chi connectivity index (χ4v) is 3.21. The Labute approximate surface area is 141 Å². The quantitative estimate of drug-likeness (QED) is 0.792. The lowest BCUT2D eigenvalue weighted by molar-refractivity contribution is -0.126. The van der Waals surface area contributed by atoms with Gasteiger partial charge in [-0.2, -0.15) is 0 Å². The first-order valence-electron chi connectivity index (χ1n) is 7.48. The monoisotopic (exact) mass is 342 g/mol. The summed E-state index contributed by atoms with van der Waals surface area (Å²) in [5.41, 5.74) is 2.42. The number of aromatic nitrogens is 1. The second kappa shape index (κ2) is 6.13. The summed E-state index contributed by atoms with van der Waals surface area (Å²) in [6.45, 7) is 0. The molecule has 0 aliphatic heterocycles. The van der Waals surface area contributed by atoms with Crippen molar-refractivity contribution < 1.29 is 13.2 Å². The number of aromatic amines is 1. The van der Waals surface area contributed by atoms with Crippen molar-refractivity contribution in [1.29, 1.82) is 0 Å². The van der Waals surface area contributed by atoms with E-state index in [4.69, 9.17) is 0 Å². The molecule has 24 heavy (non-hydrogen) atoms. The van der Waals surface area contributed by atoms with Crippen LogP contribution in [0, 0.1) is 0 Å². The van der Waals surface area contributed by atoms with E-state index in [9.17, 15) is 13.2 Å². The predicted molar refractivity (Wildman–Crippen MR) is 94.2 cm³/mol. The van der Waals surface area contributed by atoms with Gasteiger partial charge in [0.05, 0.1) is 12.2 Å². The van der Waals surface area contributed by atoms with Crippen LogP contribution in [0.25, 0.3) is 10.9 Å². The van der Waals surface area contributed by atoms with Crippen molar-refractivity contribution in [3.63, 3.8) is 0 Å². The number of nitrogens with zero attached hydrogens (tertiary/aromatic N) is 1. The van der Waals surface area contributed by atoms with Crippen LogP contribution in [-0.4, -0.2) is 36.9 Å². The van der Waals surface area contributed by atoms with Gasteiger partial charge in [0.2, 0.25) is 15.9 Å². The number of benzene rings is 2. The van der Waals surface area contributed by atoms with Crippen LogP contribution in [0.2, 0.25) is 0 Å². The molecule has 0 saturated heterocycles. The molecule has 6 heteroatoms. The molecule has 0 spiro atoms. The average molecular weight is 342 g/mol. The van der Waals surface area contributed by atoms with Gasteiger partial charge in [0.1, 0.15) is 0 Å². The van der Waals surface area contributed by atoms with Crippen molar-refractivity contribution in [2.24, 2.45) is 0 Å². The standard InChI is InChI=1S/C18H18N2O3S/c1-20(24(2,22)23)18(21)17(13-8-4-3-5-9-13)15-12-19-16-11-7-6-10-14(15)16/h3-12,17,19H,1-2H3/t17-/m0/s1. The molecule has 0 bridgehead atoms. The summed E-state index contributed by atoms with van der Waals surface area (Å²) in [4.78, 5) is 16.1. The number of rotatable bonds is 4. The summed E-state index contributed by atoms with van der Waals surface area (Å²) in [6, 6.07) is 16.9. The molecule has 0 unspecified atom stereocenters. The van der Waals surface area contributed by atoms with Gasteiger partial charge in [-0.15, -0.1) is 0 Å². The van der Waals surface area contributed by atoms with Gasteiger partial charge in [0.15, 0.2) is 0 Å². The first kappa shape index (κ1) is 16.3. The molecule has 124 valence electrons. The van der Waals surface area contributed by atoms with Gasteiger partial charge in [-0.3, -0.25) is 4.79 Å². The molecule has 0 fully saturated rings. The van der Waals surface area contributed by atoms with Crippen molar-refractivity contribution in [3.05, 3.63) is 71.9 Å². The van der Waals surface area contributed by atoms with Crippen LogP contribution in [0.4, 0.5) is 0 Å². The van der Waals surface area contributed by atoms with Gasteiger partial charge in [0.25, 0.3) is 0 Å². The van der Waals surface area contributed by atoms with E-state index in [1.54, 1.807) is 6.20 Å². The van der Waals surface area contributed by atoms with E-state index in [-0.39, 0.29) is 0 Å². The maximum Gasteiger partial charge on any atom is 0.247 e. The topological polar surface area (TPSA) is 70.2 Å². The van der Waals surface area contributed by atoms with Crippen molar-refractivity contribution in [3.8, 4) is 0 Å². The van der Waals surface area contributed by atoms with E-state index in [2.05, 4.69) is 4.98 Å². The summed E-state index contributed by atoms with van der Waals surface area (Å²) in [6.07, 6.45) is 2.80. The molecule has 5 nitrogen and oxygen atoms in total. The molecule has 0 radical (unpaired) electrons. The number of nitrogens with one attached hydrogen (secondary N) is 1. The third kappa shape index (κ3) is 2.92. The normalized spacial score (nSPS) is 12.9. The Hall–Kier alpha value is -2.60. The van der Waals surface area contributed by atoms with Crippen LogP contribution in [0.3, 0.4) is 0 Å². The lowest BCUT2D eigenvalue weighted by atomic mass is 9.90. The van der Waals surface area contributed by atoms with Crippen LogP contribution in [-0.2, 0) is 14.8 Å². The van der Waals surface area contributed by atoms with Crippen molar-refractivity contribution in [2.45, 2.75) is 5.92 Å². The largest absolute Gasteiger partial charge is 0.361 e. The molecular formula is C18H18N2O3S. The molecule has 0 aliphatic rings. The average Bonchev–Trinajstić information content (AvgIpc) is 2.98. The molecule has 1 N–H and O–H groups in total. The fourth-order valence-electron chi connectivity index (χ4n) is 2.78. The van der Waals surface area contributed by atoms with Gasteiger partial charge < -0.3 is 4.98 Å². The molecule has 1 aromatic heterocycles. The number of carbonyl (C=O) groups is 1. The van der Waals surface area contributed by atoms with Crippen LogP contribution < -0.4 is 0 Å². The number of para-hydroxylation sites is 1. The minimum absolute atomic E-state index is 0.478. The highest BCUT2D eigenvalue weighted by Gasteiger charge is 2.31. The number of hydrogen-bond acceptors (Lipinski definition) is 3. The SMILES string of the molecule is CN(C(=O)[C@@H](c1ccccc1)c1c[nH]c2ccccc12)S(C)(=O)=O. The number of sulfonamides is 1. The first-order valence-corrected chi connectivity index (χ1v) is 9.33. The summed E-state index contributed by atoms with van der Waals surface area (Å²) >= 11 is 0. The molecule has 0 saturated carbocycles. The molecule has 0 aliphatic carbocycles. The molecule has 3 aromatic rings. The number of likely N-dealkylation sites (N-methyl/N-ethyl adjacent to an activating group) is 1. The molecule has 1 heterocycles. The highest BCUT2D eigenvalue weighted by molar-refractivity contribution is 7.88. The van der Waals surface area contributed by atoms with Crippen LogP contribution >= 0.6 is 0 Å². The number of hydrogen-bond donors (Lipinski definition) is 1. The number of carbonyl (C=O) groups excluding carboxylic acids is 1. The highest BCUT2D eigenvalue weighted by Crippen LogP contribution is 2.32. The molecule has 2 aromatic carbocycles. The Balaban J connectivity index is 2.18. The smallest absolute Gasteiger partial charge is 0.247 e. The third-order valence-corrected chi connectivity index (χ3v) is 5.29.